The predicted molar refractivity (Wildman–Crippen MR) is 214 cm³/mol. The van der Waals surface area contributed by atoms with Crippen LogP contribution in [0.3, 0.4) is 0 Å². The summed E-state index contributed by atoms with van der Waals surface area (Å²) < 4.78 is 10.6. The number of rotatable bonds is 39. The Morgan fingerprint density at radius 1 is 0.480 bits per heavy atom. The fourth-order valence-corrected chi connectivity index (χ4v) is 6.22. The zero-order valence-corrected chi connectivity index (χ0v) is 33.2. The van der Waals surface area contributed by atoms with E-state index in [1.165, 1.54) is 122 Å². The highest BCUT2D eigenvalue weighted by atomic mass is 16.6. The van der Waals surface area contributed by atoms with Crippen LogP contribution in [-0.4, -0.2) is 36.4 Å². The molecule has 0 aromatic rings. The maximum Gasteiger partial charge on any atom is 0.306 e. The molecule has 0 radical (unpaired) electrons. The minimum absolute atomic E-state index is 0.0699. The summed E-state index contributed by atoms with van der Waals surface area (Å²) in [6.07, 6.45) is 50.8. The van der Waals surface area contributed by atoms with Gasteiger partial charge in [0.15, 0.2) is 6.10 Å². The van der Waals surface area contributed by atoms with Gasteiger partial charge in [-0.1, -0.05) is 198 Å². The molecule has 0 bridgehead atoms. The van der Waals surface area contributed by atoms with Crippen molar-refractivity contribution in [3.05, 3.63) is 36.5 Å². The van der Waals surface area contributed by atoms with Gasteiger partial charge in [0.1, 0.15) is 6.61 Å². The number of hydrogen-bond acceptors (Lipinski definition) is 5. The van der Waals surface area contributed by atoms with Crippen molar-refractivity contribution in [2.75, 3.05) is 13.2 Å². The van der Waals surface area contributed by atoms with Crippen molar-refractivity contribution in [3.8, 4) is 0 Å². The van der Waals surface area contributed by atoms with Gasteiger partial charge in [0.05, 0.1) is 6.61 Å². The third kappa shape index (κ3) is 38.9. The van der Waals surface area contributed by atoms with Gasteiger partial charge in [-0.2, -0.15) is 0 Å². The van der Waals surface area contributed by atoms with Gasteiger partial charge >= 0.3 is 11.9 Å². The summed E-state index contributed by atoms with van der Waals surface area (Å²) in [6, 6.07) is 0. The summed E-state index contributed by atoms with van der Waals surface area (Å²) in [5.74, 6) is -0.603. The molecule has 0 aromatic heterocycles. The summed E-state index contributed by atoms with van der Waals surface area (Å²) in [7, 11) is 0. The van der Waals surface area contributed by atoms with Crippen LogP contribution in [0.2, 0.25) is 0 Å². The Morgan fingerprint density at radius 3 is 1.30 bits per heavy atom. The number of aliphatic hydroxyl groups excluding tert-OH is 1. The molecular weight excluding hydrogens is 620 g/mol. The first-order valence-electron chi connectivity index (χ1n) is 21.5. The third-order valence-corrected chi connectivity index (χ3v) is 9.45. The van der Waals surface area contributed by atoms with Crippen LogP contribution < -0.4 is 0 Å². The lowest BCUT2D eigenvalue weighted by atomic mass is 10.0. The standard InChI is InChI=1S/C45H82O5/c1-3-5-7-9-11-13-15-17-19-20-21-22-23-24-26-27-29-31-33-35-37-39-44(47)49-42-43(41-46)50-45(48)40-38-36-34-32-30-28-25-18-16-14-12-10-8-6-4-2/h6,8,12,14,18,25,43,46H,3-5,7,9-11,13,15-17,19-24,26-42H2,1-2H3/t43-/m0/s1. The van der Waals surface area contributed by atoms with Gasteiger partial charge < -0.3 is 14.6 Å². The quantitative estimate of drug-likeness (QED) is 0.0392. The summed E-state index contributed by atoms with van der Waals surface area (Å²) in [6.45, 7) is 4.03. The molecule has 0 spiro atoms. The second-order valence-electron chi connectivity index (χ2n) is 14.4. The summed E-state index contributed by atoms with van der Waals surface area (Å²) in [5.41, 5.74) is 0. The molecule has 0 aliphatic carbocycles. The maximum atomic E-state index is 12.2. The van der Waals surface area contributed by atoms with Crippen LogP contribution in [0.15, 0.2) is 36.5 Å². The van der Waals surface area contributed by atoms with Crippen molar-refractivity contribution in [1.29, 1.82) is 0 Å². The molecule has 0 rings (SSSR count). The molecule has 0 heterocycles. The number of aliphatic hydroxyl groups is 1. The Bertz CT molecular complexity index is 801. The van der Waals surface area contributed by atoms with E-state index in [0.717, 1.165) is 70.6 Å². The van der Waals surface area contributed by atoms with Crippen LogP contribution in [0.5, 0.6) is 0 Å². The molecule has 50 heavy (non-hydrogen) atoms. The minimum atomic E-state index is -0.777. The van der Waals surface area contributed by atoms with Gasteiger partial charge in [-0.05, 0) is 44.9 Å². The Morgan fingerprint density at radius 2 is 0.860 bits per heavy atom. The van der Waals surface area contributed by atoms with Crippen LogP contribution in [0.25, 0.3) is 0 Å². The fraction of sp³-hybridized carbons (Fsp3) is 0.822. The van der Waals surface area contributed by atoms with Crippen LogP contribution in [-0.2, 0) is 19.1 Å². The molecule has 0 amide bonds. The zero-order chi connectivity index (χ0) is 36.4. The second-order valence-corrected chi connectivity index (χ2v) is 14.4. The highest BCUT2D eigenvalue weighted by Crippen LogP contribution is 2.16. The molecule has 1 atom stereocenters. The van der Waals surface area contributed by atoms with Crippen molar-refractivity contribution in [2.24, 2.45) is 0 Å². The van der Waals surface area contributed by atoms with Crippen molar-refractivity contribution in [3.63, 3.8) is 0 Å². The van der Waals surface area contributed by atoms with Gasteiger partial charge in [0, 0.05) is 12.8 Å². The number of unbranched alkanes of at least 4 members (excludes halogenated alkanes) is 25. The number of esters is 2. The minimum Gasteiger partial charge on any atom is -0.462 e. The van der Waals surface area contributed by atoms with E-state index in [0.29, 0.717) is 12.8 Å². The highest BCUT2D eigenvalue weighted by Gasteiger charge is 2.16. The lowest BCUT2D eigenvalue weighted by Gasteiger charge is -2.15. The molecule has 292 valence electrons. The SMILES string of the molecule is CCC=CCC=CCC=CCCCCCCCC(=O)O[C@@H](CO)COC(=O)CCCCCCCCCCCCCCCCCCCCCCC. The molecule has 0 aliphatic heterocycles. The zero-order valence-electron chi connectivity index (χ0n) is 33.2. The molecule has 1 N–H and O–H groups in total. The smallest absolute Gasteiger partial charge is 0.306 e. The second kappa shape index (κ2) is 41.5. The Hall–Kier alpha value is -1.88. The molecule has 5 heteroatoms. The molecule has 0 unspecified atom stereocenters. The Labute approximate surface area is 310 Å². The van der Waals surface area contributed by atoms with Crippen molar-refractivity contribution < 1.29 is 24.2 Å². The van der Waals surface area contributed by atoms with Crippen molar-refractivity contribution in [2.45, 2.75) is 225 Å². The number of carbonyl (C=O) groups is 2. The van der Waals surface area contributed by atoms with Gasteiger partial charge in [-0.25, -0.2) is 0 Å². The average molecular weight is 703 g/mol. The lowest BCUT2D eigenvalue weighted by molar-refractivity contribution is -0.161. The molecule has 0 fully saturated rings. The van der Waals surface area contributed by atoms with E-state index in [9.17, 15) is 14.7 Å². The average Bonchev–Trinajstić information content (AvgIpc) is 3.12. The number of allylic oxidation sites excluding steroid dienone is 6. The highest BCUT2D eigenvalue weighted by molar-refractivity contribution is 5.70. The van der Waals surface area contributed by atoms with E-state index < -0.39 is 6.10 Å². The molecule has 0 aromatic carbocycles. The van der Waals surface area contributed by atoms with E-state index in [1.807, 2.05) is 0 Å². The number of hydrogen-bond donors (Lipinski definition) is 1. The Balaban J connectivity index is 3.50. The first kappa shape index (κ1) is 48.1. The van der Waals surface area contributed by atoms with Crippen LogP contribution >= 0.6 is 0 Å². The number of ether oxygens (including phenoxy) is 2. The fourth-order valence-electron chi connectivity index (χ4n) is 6.22. The predicted octanol–water partition coefficient (Wildman–Crippen LogP) is 13.6. The number of carbonyl (C=O) groups excluding carboxylic acids is 2. The van der Waals surface area contributed by atoms with Crippen molar-refractivity contribution in [1.82, 2.24) is 0 Å². The monoisotopic (exact) mass is 703 g/mol. The van der Waals surface area contributed by atoms with Crippen LogP contribution in [0.4, 0.5) is 0 Å². The van der Waals surface area contributed by atoms with Gasteiger partial charge in [-0.15, -0.1) is 0 Å². The van der Waals surface area contributed by atoms with Crippen LogP contribution in [0, 0.1) is 0 Å². The van der Waals surface area contributed by atoms with E-state index in [-0.39, 0.29) is 25.2 Å². The van der Waals surface area contributed by atoms with Gasteiger partial charge in [0.2, 0.25) is 0 Å². The van der Waals surface area contributed by atoms with E-state index in [1.54, 1.807) is 0 Å². The molecule has 0 aliphatic rings. The largest absolute Gasteiger partial charge is 0.462 e. The normalized spacial score (nSPS) is 12.5. The Kier molecular flexibility index (Phi) is 40.0. The summed E-state index contributed by atoms with van der Waals surface area (Å²) >= 11 is 0. The molecular formula is C45H82O5. The summed E-state index contributed by atoms with van der Waals surface area (Å²) in [5, 5.41) is 9.57. The lowest BCUT2D eigenvalue weighted by Crippen LogP contribution is -2.28. The van der Waals surface area contributed by atoms with E-state index in [4.69, 9.17) is 9.47 Å². The molecule has 5 nitrogen and oxygen atoms in total. The van der Waals surface area contributed by atoms with E-state index >= 15 is 0 Å². The first-order valence-corrected chi connectivity index (χ1v) is 21.5. The van der Waals surface area contributed by atoms with E-state index in [2.05, 4.69) is 50.3 Å². The van der Waals surface area contributed by atoms with Gasteiger partial charge in [-0.3, -0.25) is 9.59 Å². The summed E-state index contributed by atoms with van der Waals surface area (Å²) in [4.78, 5) is 24.3. The molecule has 0 saturated heterocycles. The van der Waals surface area contributed by atoms with Crippen molar-refractivity contribution >= 4 is 11.9 Å². The van der Waals surface area contributed by atoms with Gasteiger partial charge in [0.25, 0.3) is 0 Å². The van der Waals surface area contributed by atoms with Crippen LogP contribution in [0.1, 0.15) is 219 Å². The molecule has 0 saturated carbocycles. The maximum absolute atomic E-state index is 12.2. The first-order chi connectivity index (χ1) is 24.6. The topological polar surface area (TPSA) is 72.8 Å². The third-order valence-electron chi connectivity index (χ3n) is 9.45.